The van der Waals surface area contributed by atoms with E-state index >= 15 is 0 Å². The van der Waals surface area contributed by atoms with Crippen molar-refractivity contribution in [3.8, 4) is 0 Å². The van der Waals surface area contributed by atoms with Crippen molar-refractivity contribution >= 4 is 11.8 Å². The summed E-state index contributed by atoms with van der Waals surface area (Å²) in [7, 11) is 0. The summed E-state index contributed by atoms with van der Waals surface area (Å²) < 4.78 is 0. The van der Waals surface area contributed by atoms with Crippen molar-refractivity contribution in [3.63, 3.8) is 0 Å². The van der Waals surface area contributed by atoms with Crippen LogP contribution in [0.2, 0.25) is 0 Å². The second-order valence-corrected chi connectivity index (χ2v) is 5.61. The van der Waals surface area contributed by atoms with Crippen LogP contribution < -0.4 is 11.1 Å². The molecule has 0 bridgehead atoms. The van der Waals surface area contributed by atoms with Gasteiger partial charge in [-0.05, 0) is 30.4 Å². The van der Waals surface area contributed by atoms with Crippen molar-refractivity contribution in [2.24, 2.45) is 5.73 Å². The Labute approximate surface area is 109 Å². The van der Waals surface area contributed by atoms with Gasteiger partial charge in [0.1, 0.15) is 0 Å². The van der Waals surface area contributed by atoms with Gasteiger partial charge in [-0.15, -0.1) is 0 Å². The number of rotatable bonds is 8. The Hall–Kier alpha value is -0.510. The summed E-state index contributed by atoms with van der Waals surface area (Å²) in [6.45, 7) is 5.11. The molecule has 1 aromatic carbocycles. The molecule has 0 aliphatic carbocycles. The zero-order chi connectivity index (χ0) is 12.5. The Bertz CT molecular complexity index is 290. The largest absolute Gasteiger partial charge is 0.329 e. The van der Waals surface area contributed by atoms with Crippen molar-refractivity contribution in [2.75, 3.05) is 18.1 Å². The highest BCUT2D eigenvalue weighted by atomic mass is 32.2. The summed E-state index contributed by atoms with van der Waals surface area (Å²) in [5, 5.41) is 3.60. The van der Waals surface area contributed by atoms with Crippen LogP contribution in [0.4, 0.5) is 0 Å². The van der Waals surface area contributed by atoms with Crippen LogP contribution in [0, 0.1) is 0 Å². The molecule has 0 aliphatic heterocycles. The fraction of sp³-hybridized carbons (Fsp3) is 0.571. The average Bonchev–Trinajstić information content (AvgIpc) is 2.38. The molecule has 0 saturated heterocycles. The van der Waals surface area contributed by atoms with E-state index in [1.807, 2.05) is 11.8 Å². The molecule has 1 rings (SSSR count). The molecule has 0 fully saturated rings. The fourth-order valence-corrected chi connectivity index (χ4v) is 2.57. The Kier molecular flexibility index (Phi) is 7.33. The molecule has 0 aromatic heterocycles. The van der Waals surface area contributed by atoms with E-state index < -0.39 is 0 Å². The number of thioether (sulfide) groups is 1. The first-order valence-corrected chi connectivity index (χ1v) is 7.52. The number of hydrogen-bond acceptors (Lipinski definition) is 3. The third-order valence-electron chi connectivity index (χ3n) is 2.88. The summed E-state index contributed by atoms with van der Waals surface area (Å²) in [6, 6.07) is 11.3. The van der Waals surface area contributed by atoms with Crippen LogP contribution >= 0.6 is 11.8 Å². The van der Waals surface area contributed by atoms with Crippen LogP contribution in [-0.4, -0.2) is 24.1 Å². The molecule has 3 heteroatoms. The second kappa shape index (κ2) is 8.56. The van der Waals surface area contributed by atoms with Gasteiger partial charge in [-0.3, -0.25) is 0 Å². The summed E-state index contributed by atoms with van der Waals surface area (Å²) >= 11 is 1.98. The standard InChI is InChI=1S/C14H24N2S/c1-3-17-10-9-14(11-15)16-12(2)13-7-5-4-6-8-13/h4-8,12,14,16H,3,9-11,15H2,1-2H3. The highest BCUT2D eigenvalue weighted by Gasteiger charge is 2.11. The van der Waals surface area contributed by atoms with Crippen molar-refractivity contribution in [2.45, 2.75) is 32.4 Å². The molecule has 96 valence electrons. The zero-order valence-electron chi connectivity index (χ0n) is 10.9. The number of nitrogens with two attached hydrogens (primary N) is 1. The van der Waals surface area contributed by atoms with Gasteiger partial charge in [0.25, 0.3) is 0 Å². The van der Waals surface area contributed by atoms with E-state index in [1.165, 1.54) is 17.1 Å². The van der Waals surface area contributed by atoms with Crippen molar-refractivity contribution in [1.29, 1.82) is 0 Å². The molecule has 0 radical (unpaired) electrons. The summed E-state index contributed by atoms with van der Waals surface area (Å²) in [6.07, 6.45) is 1.15. The molecule has 0 spiro atoms. The molecular formula is C14H24N2S. The minimum atomic E-state index is 0.372. The Balaban J connectivity index is 2.39. The van der Waals surface area contributed by atoms with Gasteiger partial charge in [0.2, 0.25) is 0 Å². The van der Waals surface area contributed by atoms with Crippen LogP contribution in [0.1, 0.15) is 31.9 Å². The van der Waals surface area contributed by atoms with Gasteiger partial charge in [-0.25, -0.2) is 0 Å². The topological polar surface area (TPSA) is 38.0 Å². The third-order valence-corrected chi connectivity index (χ3v) is 3.82. The predicted molar refractivity (Wildman–Crippen MR) is 78.5 cm³/mol. The third kappa shape index (κ3) is 5.57. The monoisotopic (exact) mass is 252 g/mol. The van der Waals surface area contributed by atoms with Crippen molar-refractivity contribution < 1.29 is 0 Å². The first-order valence-electron chi connectivity index (χ1n) is 6.36. The smallest absolute Gasteiger partial charge is 0.0294 e. The highest BCUT2D eigenvalue weighted by molar-refractivity contribution is 7.99. The molecule has 17 heavy (non-hydrogen) atoms. The summed E-state index contributed by atoms with van der Waals surface area (Å²) in [4.78, 5) is 0. The lowest BCUT2D eigenvalue weighted by Gasteiger charge is -2.22. The lowest BCUT2D eigenvalue weighted by molar-refractivity contribution is 0.451. The molecule has 0 aliphatic rings. The van der Waals surface area contributed by atoms with Crippen LogP contribution in [-0.2, 0) is 0 Å². The van der Waals surface area contributed by atoms with Gasteiger partial charge in [-0.2, -0.15) is 11.8 Å². The molecule has 1 aromatic rings. The predicted octanol–water partition coefficient (Wildman–Crippen LogP) is 2.81. The Morgan fingerprint density at radius 1 is 1.29 bits per heavy atom. The lowest BCUT2D eigenvalue weighted by atomic mass is 10.1. The van der Waals surface area contributed by atoms with E-state index in [2.05, 4.69) is 49.5 Å². The SMILES string of the molecule is CCSCCC(CN)NC(C)c1ccccc1. The molecule has 0 heterocycles. The van der Waals surface area contributed by atoms with E-state index in [1.54, 1.807) is 0 Å². The molecule has 0 saturated carbocycles. The lowest BCUT2D eigenvalue weighted by Crippen LogP contribution is -2.38. The summed E-state index contributed by atoms with van der Waals surface area (Å²) in [5.41, 5.74) is 7.14. The van der Waals surface area contributed by atoms with Gasteiger partial charge < -0.3 is 11.1 Å². The second-order valence-electron chi connectivity index (χ2n) is 4.22. The van der Waals surface area contributed by atoms with E-state index in [4.69, 9.17) is 5.73 Å². The van der Waals surface area contributed by atoms with Crippen molar-refractivity contribution in [1.82, 2.24) is 5.32 Å². The van der Waals surface area contributed by atoms with Crippen molar-refractivity contribution in [3.05, 3.63) is 35.9 Å². The number of benzene rings is 1. The average molecular weight is 252 g/mol. The highest BCUT2D eigenvalue weighted by Crippen LogP contribution is 2.13. The van der Waals surface area contributed by atoms with E-state index in [0.29, 0.717) is 18.6 Å². The molecule has 0 amide bonds. The quantitative estimate of drug-likeness (QED) is 0.699. The number of nitrogens with one attached hydrogen (secondary N) is 1. The molecule has 2 unspecified atom stereocenters. The van der Waals surface area contributed by atoms with Crippen LogP contribution in [0.3, 0.4) is 0 Å². The molecule has 3 N–H and O–H groups in total. The van der Waals surface area contributed by atoms with Gasteiger partial charge in [-0.1, -0.05) is 37.3 Å². The van der Waals surface area contributed by atoms with Gasteiger partial charge in [0, 0.05) is 18.6 Å². The number of hydrogen-bond donors (Lipinski definition) is 2. The Morgan fingerprint density at radius 2 is 2.00 bits per heavy atom. The van der Waals surface area contributed by atoms with Gasteiger partial charge in [0.05, 0.1) is 0 Å². The minimum Gasteiger partial charge on any atom is -0.329 e. The summed E-state index contributed by atoms with van der Waals surface area (Å²) in [5.74, 6) is 2.37. The van der Waals surface area contributed by atoms with Crippen LogP contribution in [0.15, 0.2) is 30.3 Å². The maximum Gasteiger partial charge on any atom is 0.0294 e. The van der Waals surface area contributed by atoms with E-state index in [9.17, 15) is 0 Å². The minimum absolute atomic E-state index is 0.372. The maximum atomic E-state index is 5.81. The zero-order valence-corrected chi connectivity index (χ0v) is 11.7. The van der Waals surface area contributed by atoms with Gasteiger partial charge >= 0.3 is 0 Å². The van der Waals surface area contributed by atoms with E-state index in [0.717, 1.165) is 6.42 Å². The first kappa shape index (κ1) is 14.6. The van der Waals surface area contributed by atoms with Crippen LogP contribution in [0.25, 0.3) is 0 Å². The fourth-order valence-electron chi connectivity index (χ4n) is 1.83. The molecular weight excluding hydrogens is 228 g/mol. The van der Waals surface area contributed by atoms with Gasteiger partial charge in [0.15, 0.2) is 0 Å². The van der Waals surface area contributed by atoms with Crippen LogP contribution in [0.5, 0.6) is 0 Å². The van der Waals surface area contributed by atoms with E-state index in [-0.39, 0.29) is 0 Å². The normalized spacial score (nSPS) is 14.5. The Morgan fingerprint density at radius 3 is 2.59 bits per heavy atom. The molecule has 2 nitrogen and oxygen atoms in total. The molecule has 2 atom stereocenters. The first-order chi connectivity index (χ1) is 8.27. The maximum absolute atomic E-state index is 5.81.